The van der Waals surface area contributed by atoms with E-state index in [1.165, 1.54) is 18.3 Å². The monoisotopic (exact) mass is 224 g/mol. The Balaban J connectivity index is 2.75. The molecule has 16 heavy (non-hydrogen) atoms. The third-order valence-electron chi connectivity index (χ3n) is 2.06. The van der Waals surface area contributed by atoms with Gasteiger partial charge in [0.05, 0.1) is 5.56 Å². The second-order valence-electron chi connectivity index (χ2n) is 3.21. The minimum Gasteiger partial charge on any atom is -0.480 e. The van der Waals surface area contributed by atoms with Crippen LogP contribution in [0.15, 0.2) is 23.1 Å². The topological polar surface area (TPSA) is 99.3 Å². The Morgan fingerprint density at radius 2 is 2.19 bits per heavy atom. The molecule has 0 spiro atoms. The summed E-state index contributed by atoms with van der Waals surface area (Å²) in [5.74, 6) is -1.61. The summed E-state index contributed by atoms with van der Waals surface area (Å²) in [6, 6.07) is 1.62. The van der Waals surface area contributed by atoms with Crippen LogP contribution in [-0.2, 0) is 4.79 Å². The molecule has 1 aromatic rings. The molecule has 1 rings (SSSR count). The lowest BCUT2D eigenvalue weighted by Crippen LogP contribution is -2.40. The van der Waals surface area contributed by atoms with Gasteiger partial charge in [0.1, 0.15) is 6.04 Å². The van der Waals surface area contributed by atoms with Gasteiger partial charge in [0, 0.05) is 12.3 Å². The lowest BCUT2D eigenvalue weighted by Gasteiger charge is -2.11. The molecule has 86 valence electrons. The summed E-state index contributed by atoms with van der Waals surface area (Å²) in [6.07, 6.45) is 1.54. The molecule has 0 radical (unpaired) electrons. The molecular formula is C10H12N2O4. The van der Waals surface area contributed by atoms with Gasteiger partial charge in [0.25, 0.3) is 5.91 Å². The number of carbonyl (C=O) groups is 2. The van der Waals surface area contributed by atoms with E-state index in [1.807, 2.05) is 0 Å². The van der Waals surface area contributed by atoms with Crippen LogP contribution >= 0.6 is 0 Å². The molecule has 0 aliphatic rings. The Labute approximate surface area is 91.3 Å². The van der Waals surface area contributed by atoms with Gasteiger partial charge in [-0.2, -0.15) is 0 Å². The fourth-order valence-corrected chi connectivity index (χ4v) is 1.13. The highest BCUT2D eigenvalue weighted by molar-refractivity contribution is 5.96. The Morgan fingerprint density at radius 1 is 1.50 bits per heavy atom. The summed E-state index contributed by atoms with van der Waals surface area (Å²) in [6.45, 7) is 1.66. The number of carboxylic acid groups (broad SMARTS) is 1. The number of carbonyl (C=O) groups excluding carboxylic acids is 1. The lowest BCUT2D eigenvalue weighted by atomic mass is 10.2. The van der Waals surface area contributed by atoms with E-state index in [-0.39, 0.29) is 11.1 Å². The van der Waals surface area contributed by atoms with Crippen LogP contribution in [-0.4, -0.2) is 28.0 Å². The summed E-state index contributed by atoms with van der Waals surface area (Å²) < 4.78 is 0. The fraction of sp³-hybridized carbons (Fsp3) is 0.300. The quantitative estimate of drug-likeness (QED) is 0.668. The lowest BCUT2D eigenvalue weighted by molar-refractivity contribution is -0.139. The highest BCUT2D eigenvalue weighted by Gasteiger charge is 2.18. The first-order chi connectivity index (χ1) is 7.54. The van der Waals surface area contributed by atoms with Crippen molar-refractivity contribution in [3.05, 3.63) is 34.2 Å². The third kappa shape index (κ3) is 2.94. The van der Waals surface area contributed by atoms with Gasteiger partial charge in [0.15, 0.2) is 0 Å². The van der Waals surface area contributed by atoms with Crippen molar-refractivity contribution in [1.82, 2.24) is 10.3 Å². The molecule has 0 aliphatic heterocycles. The Hall–Kier alpha value is -2.11. The molecule has 0 aliphatic carbocycles. The maximum absolute atomic E-state index is 11.5. The molecule has 1 unspecified atom stereocenters. The summed E-state index contributed by atoms with van der Waals surface area (Å²) in [4.78, 5) is 35.3. The average molecular weight is 224 g/mol. The van der Waals surface area contributed by atoms with E-state index in [0.29, 0.717) is 6.42 Å². The molecule has 0 aromatic carbocycles. The van der Waals surface area contributed by atoms with Gasteiger partial charge >= 0.3 is 5.97 Å². The smallest absolute Gasteiger partial charge is 0.326 e. The van der Waals surface area contributed by atoms with Crippen molar-refractivity contribution < 1.29 is 14.7 Å². The zero-order valence-electron chi connectivity index (χ0n) is 8.69. The van der Waals surface area contributed by atoms with Gasteiger partial charge < -0.3 is 15.4 Å². The van der Waals surface area contributed by atoms with Gasteiger partial charge in [-0.15, -0.1) is 0 Å². The van der Waals surface area contributed by atoms with Crippen molar-refractivity contribution in [2.75, 3.05) is 0 Å². The maximum Gasteiger partial charge on any atom is 0.326 e. The van der Waals surface area contributed by atoms with Crippen molar-refractivity contribution in [3.63, 3.8) is 0 Å². The van der Waals surface area contributed by atoms with Crippen molar-refractivity contribution in [3.8, 4) is 0 Å². The summed E-state index contributed by atoms with van der Waals surface area (Å²) >= 11 is 0. The predicted molar refractivity (Wildman–Crippen MR) is 56.2 cm³/mol. The summed E-state index contributed by atoms with van der Waals surface area (Å²) in [5, 5.41) is 11.1. The van der Waals surface area contributed by atoms with E-state index >= 15 is 0 Å². The van der Waals surface area contributed by atoms with Crippen LogP contribution in [0.25, 0.3) is 0 Å². The van der Waals surface area contributed by atoms with Gasteiger partial charge in [-0.1, -0.05) is 6.92 Å². The van der Waals surface area contributed by atoms with E-state index in [9.17, 15) is 14.4 Å². The highest BCUT2D eigenvalue weighted by Crippen LogP contribution is 1.97. The van der Waals surface area contributed by atoms with Crippen LogP contribution in [0.4, 0.5) is 0 Å². The zero-order chi connectivity index (χ0) is 12.1. The molecule has 0 saturated heterocycles. The van der Waals surface area contributed by atoms with Crippen LogP contribution in [0.2, 0.25) is 0 Å². The summed E-state index contributed by atoms with van der Waals surface area (Å²) in [7, 11) is 0. The number of nitrogens with one attached hydrogen (secondary N) is 2. The predicted octanol–water partition coefficient (Wildman–Crippen LogP) is -0.0321. The van der Waals surface area contributed by atoms with E-state index < -0.39 is 17.9 Å². The molecule has 6 nitrogen and oxygen atoms in total. The van der Waals surface area contributed by atoms with Crippen molar-refractivity contribution in [1.29, 1.82) is 0 Å². The van der Waals surface area contributed by atoms with Gasteiger partial charge in [-0.25, -0.2) is 4.79 Å². The van der Waals surface area contributed by atoms with Crippen molar-refractivity contribution >= 4 is 11.9 Å². The molecule has 0 bridgehead atoms. The van der Waals surface area contributed by atoms with Crippen LogP contribution in [0.3, 0.4) is 0 Å². The maximum atomic E-state index is 11.5. The number of aromatic nitrogens is 1. The highest BCUT2D eigenvalue weighted by atomic mass is 16.4. The second kappa shape index (κ2) is 5.11. The van der Waals surface area contributed by atoms with E-state index in [4.69, 9.17) is 5.11 Å². The minimum absolute atomic E-state index is 0.222. The first-order valence-corrected chi connectivity index (χ1v) is 4.77. The molecule has 1 heterocycles. The summed E-state index contributed by atoms with van der Waals surface area (Å²) in [5.41, 5.74) is -0.0962. The minimum atomic E-state index is -1.08. The first kappa shape index (κ1) is 12.0. The molecule has 1 amide bonds. The number of H-pyrrole nitrogens is 1. The molecule has 3 N–H and O–H groups in total. The van der Waals surface area contributed by atoms with Crippen LogP contribution < -0.4 is 10.9 Å². The first-order valence-electron chi connectivity index (χ1n) is 4.77. The fourth-order valence-electron chi connectivity index (χ4n) is 1.13. The second-order valence-corrected chi connectivity index (χ2v) is 3.21. The number of hydrogen-bond acceptors (Lipinski definition) is 3. The largest absolute Gasteiger partial charge is 0.480 e. The SMILES string of the molecule is CCC(NC(=O)c1ccc(=O)[nH]c1)C(=O)O. The molecule has 1 aromatic heterocycles. The molecule has 0 fully saturated rings. The zero-order valence-corrected chi connectivity index (χ0v) is 8.69. The number of pyridine rings is 1. The molecule has 6 heteroatoms. The molecule has 0 saturated carbocycles. The number of amides is 1. The van der Waals surface area contributed by atoms with Gasteiger partial charge in [0.2, 0.25) is 5.56 Å². The van der Waals surface area contributed by atoms with Crippen LogP contribution in [0, 0.1) is 0 Å². The third-order valence-corrected chi connectivity index (χ3v) is 2.06. The van der Waals surface area contributed by atoms with E-state index in [1.54, 1.807) is 6.92 Å². The van der Waals surface area contributed by atoms with E-state index in [0.717, 1.165) is 0 Å². The number of rotatable bonds is 4. The Kier molecular flexibility index (Phi) is 3.82. The number of aliphatic carboxylic acids is 1. The molecular weight excluding hydrogens is 212 g/mol. The number of carboxylic acids is 1. The van der Waals surface area contributed by atoms with Gasteiger partial charge in [-0.05, 0) is 12.5 Å². The Morgan fingerprint density at radius 3 is 2.62 bits per heavy atom. The number of aromatic amines is 1. The van der Waals surface area contributed by atoms with Crippen LogP contribution in [0.5, 0.6) is 0 Å². The standard InChI is InChI=1S/C10H12N2O4/c1-2-7(10(15)16)12-9(14)6-3-4-8(13)11-5-6/h3-5,7H,2H2,1H3,(H,11,13)(H,12,14)(H,15,16). The number of hydrogen-bond donors (Lipinski definition) is 3. The molecule has 1 atom stereocenters. The van der Waals surface area contributed by atoms with E-state index in [2.05, 4.69) is 10.3 Å². The Bertz CT molecular complexity index is 432. The van der Waals surface area contributed by atoms with Gasteiger partial charge in [-0.3, -0.25) is 9.59 Å². The normalized spacial score (nSPS) is 11.8. The van der Waals surface area contributed by atoms with Crippen molar-refractivity contribution in [2.45, 2.75) is 19.4 Å². The van der Waals surface area contributed by atoms with Crippen molar-refractivity contribution in [2.24, 2.45) is 0 Å². The van der Waals surface area contributed by atoms with Crippen LogP contribution in [0.1, 0.15) is 23.7 Å². The average Bonchev–Trinajstić information content (AvgIpc) is 2.26.